The highest BCUT2D eigenvalue weighted by atomic mass is 19.1. The number of nitrogens with zero attached hydrogens (tertiary/aromatic N) is 2. The van der Waals surface area contributed by atoms with E-state index in [1.54, 1.807) is 36.4 Å². The molecule has 0 spiro atoms. The zero-order chi connectivity index (χ0) is 19.3. The molecule has 0 amide bonds. The van der Waals surface area contributed by atoms with Gasteiger partial charge in [-0.15, -0.1) is 0 Å². The van der Waals surface area contributed by atoms with E-state index in [2.05, 4.69) is 16.8 Å². The van der Waals surface area contributed by atoms with Crippen LogP contribution in [0.1, 0.15) is 27.3 Å². The monoisotopic (exact) mass is 370 g/mol. The van der Waals surface area contributed by atoms with Crippen LogP contribution in [-0.2, 0) is 6.61 Å². The number of imidazole rings is 1. The summed E-state index contributed by atoms with van der Waals surface area (Å²) in [6, 6.07) is 18.7. The van der Waals surface area contributed by atoms with E-state index in [1.807, 2.05) is 28.8 Å². The second-order valence-corrected chi connectivity index (χ2v) is 6.04. The first kappa shape index (κ1) is 17.5. The second-order valence-electron chi connectivity index (χ2n) is 6.04. The van der Waals surface area contributed by atoms with Gasteiger partial charge in [-0.05, 0) is 54.5 Å². The van der Waals surface area contributed by atoms with Crippen LogP contribution in [0, 0.1) is 17.7 Å². The number of hydrogen-bond acceptors (Lipinski definition) is 3. The highest BCUT2D eigenvalue weighted by Crippen LogP contribution is 2.19. The number of hydrogen-bond donors (Lipinski definition) is 0. The maximum atomic E-state index is 13.1. The third kappa shape index (κ3) is 3.62. The molecule has 0 fully saturated rings. The topological polar surface area (TPSA) is 43.6 Å². The first-order chi connectivity index (χ1) is 13.7. The zero-order valence-electron chi connectivity index (χ0n) is 14.8. The van der Waals surface area contributed by atoms with Gasteiger partial charge in [-0.2, -0.15) is 0 Å². The molecule has 0 aliphatic heterocycles. The van der Waals surface area contributed by atoms with Crippen molar-refractivity contribution in [3.05, 3.63) is 101 Å². The molecule has 0 unspecified atom stereocenters. The number of aromatic nitrogens is 2. The van der Waals surface area contributed by atoms with Crippen molar-refractivity contribution in [2.24, 2.45) is 0 Å². The predicted octanol–water partition coefficient (Wildman–Crippen LogP) is 4.26. The van der Waals surface area contributed by atoms with Crippen molar-refractivity contribution in [1.29, 1.82) is 0 Å². The van der Waals surface area contributed by atoms with Crippen LogP contribution in [-0.4, -0.2) is 15.7 Å². The standard InChI is InChI=1S/C23H15FN2O2/c24-19-11-8-17(9-12-19)10-13-21-20(25-23-7-3-4-14-26(21)23)16-28-22-6-2-1-5-18(22)15-27/h1-9,11-12,14-15H,16H2. The molecule has 4 rings (SSSR count). The third-order valence-electron chi connectivity index (χ3n) is 4.18. The molecule has 0 saturated carbocycles. The summed E-state index contributed by atoms with van der Waals surface area (Å²) >= 11 is 0. The van der Waals surface area contributed by atoms with Gasteiger partial charge in [-0.1, -0.05) is 24.1 Å². The molecule has 2 heterocycles. The Bertz CT molecular complexity index is 1200. The van der Waals surface area contributed by atoms with Gasteiger partial charge in [0, 0.05) is 11.8 Å². The quantitative estimate of drug-likeness (QED) is 0.398. The van der Waals surface area contributed by atoms with Gasteiger partial charge in [-0.3, -0.25) is 9.20 Å². The van der Waals surface area contributed by atoms with Crippen molar-refractivity contribution in [2.75, 3.05) is 0 Å². The number of carbonyl (C=O) groups is 1. The number of rotatable bonds is 4. The summed E-state index contributed by atoms with van der Waals surface area (Å²) in [5, 5.41) is 0. The summed E-state index contributed by atoms with van der Waals surface area (Å²) in [4.78, 5) is 15.8. The van der Waals surface area contributed by atoms with Gasteiger partial charge in [0.1, 0.15) is 35.2 Å². The van der Waals surface area contributed by atoms with Gasteiger partial charge in [0.25, 0.3) is 0 Å². The normalized spacial score (nSPS) is 10.3. The molecule has 2 aromatic carbocycles. The Morgan fingerprint density at radius 3 is 2.61 bits per heavy atom. The van der Waals surface area contributed by atoms with Gasteiger partial charge in [0.05, 0.1) is 5.56 Å². The van der Waals surface area contributed by atoms with E-state index < -0.39 is 0 Å². The molecule has 136 valence electrons. The number of fused-ring (bicyclic) bond motifs is 1. The van der Waals surface area contributed by atoms with Crippen LogP contribution in [0.25, 0.3) is 5.65 Å². The average molecular weight is 370 g/mol. The van der Waals surface area contributed by atoms with E-state index in [0.29, 0.717) is 28.3 Å². The number of ether oxygens (including phenoxy) is 1. The molecule has 0 bridgehead atoms. The van der Waals surface area contributed by atoms with Crippen molar-refractivity contribution in [1.82, 2.24) is 9.38 Å². The molecule has 28 heavy (non-hydrogen) atoms. The van der Waals surface area contributed by atoms with Gasteiger partial charge < -0.3 is 4.74 Å². The summed E-state index contributed by atoms with van der Waals surface area (Å²) < 4.78 is 20.8. The lowest BCUT2D eigenvalue weighted by Gasteiger charge is -2.06. The molecule has 0 aliphatic carbocycles. The maximum Gasteiger partial charge on any atom is 0.153 e. The minimum Gasteiger partial charge on any atom is -0.486 e. The Morgan fingerprint density at radius 1 is 1.00 bits per heavy atom. The Labute approximate surface area is 161 Å². The molecule has 4 aromatic rings. The number of carbonyl (C=O) groups excluding carboxylic acids is 1. The van der Waals surface area contributed by atoms with E-state index in [4.69, 9.17) is 4.74 Å². The summed E-state index contributed by atoms with van der Waals surface area (Å²) in [5.41, 5.74) is 3.26. The van der Waals surface area contributed by atoms with Crippen LogP contribution < -0.4 is 4.74 Å². The van der Waals surface area contributed by atoms with Gasteiger partial charge in [0.2, 0.25) is 0 Å². The molecule has 4 nitrogen and oxygen atoms in total. The van der Waals surface area contributed by atoms with Crippen molar-refractivity contribution in [2.45, 2.75) is 6.61 Å². The fourth-order valence-electron chi connectivity index (χ4n) is 2.80. The van der Waals surface area contributed by atoms with E-state index in [1.165, 1.54) is 12.1 Å². The number of pyridine rings is 1. The van der Waals surface area contributed by atoms with Crippen LogP contribution >= 0.6 is 0 Å². The van der Waals surface area contributed by atoms with Crippen LogP contribution in [0.5, 0.6) is 5.75 Å². The van der Waals surface area contributed by atoms with Crippen molar-refractivity contribution >= 4 is 11.9 Å². The lowest BCUT2D eigenvalue weighted by molar-refractivity contribution is 0.111. The van der Waals surface area contributed by atoms with Crippen LogP contribution in [0.4, 0.5) is 4.39 Å². The molecule has 0 atom stereocenters. The largest absolute Gasteiger partial charge is 0.486 e. The fourth-order valence-corrected chi connectivity index (χ4v) is 2.80. The highest BCUT2D eigenvalue weighted by molar-refractivity contribution is 5.79. The van der Waals surface area contributed by atoms with Gasteiger partial charge >= 0.3 is 0 Å². The lowest BCUT2D eigenvalue weighted by atomic mass is 10.2. The minimum absolute atomic E-state index is 0.167. The summed E-state index contributed by atoms with van der Waals surface area (Å²) in [5.74, 6) is 6.34. The first-order valence-corrected chi connectivity index (χ1v) is 8.65. The predicted molar refractivity (Wildman–Crippen MR) is 104 cm³/mol. The fraction of sp³-hybridized carbons (Fsp3) is 0.0435. The summed E-state index contributed by atoms with van der Waals surface area (Å²) in [6.07, 6.45) is 2.63. The average Bonchev–Trinajstić information content (AvgIpc) is 3.09. The van der Waals surface area contributed by atoms with E-state index in [-0.39, 0.29) is 12.4 Å². The molecule has 5 heteroatoms. The number of aldehydes is 1. The maximum absolute atomic E-state index is 13.1. The van der Waals surface area contributed by atoms with E-state index in [0.717, 1.165) is 11.9 Å². The first-order valence-electron chi connectivity index (χ1n) is 8.65. The molecular formula is C23H15FN2O2. The van der Waals surface area contributed by atoms with Crippen LogP contribution in [0.15, 0.2) is 72.9 Å². The highest BCUT2D eigenvalue weighted by Gasteiger charge is 2.12. The Morgan fingerprint density at radius 2 is 1.79 bits per heavy atom. The van der Waals surface area contributed by atoms with Gasteiger partial charge in [-0.25, -0.2) is 9.37 Å². The molecular weight excluding hydrogens is 355 g/mol. The van der Waals surface area contributed by atoms with Crippen molar-refractivity contribution < 1.29 is 13.9 Å². The third-order valence-corrected chi connectivity index (χ3v) is 4.18. The smallest absolute Gasteiger partial charge is 0.153 e. The Kier molecular flexibility index (Phi) is 4.85. The molecule has 0 saturated heterocycles. The SMILES string of the molecule is O=Cc1ccccc1OCc1nc2ccccn2c1C#Cc1ccc(F)cc1. The minimum atomic E-state index is -0.303. The van der Waals surface area contributed by atoms with Crippen molar-refractivity contribution in [3.63, 3.8) is 0 Å². The zero-order valence-corrected chi connectivity index (χ0v) is 14.8. The van der Waals surface area contributed by atoms with E-state index in [9.17, 15) is 9.18 Å². The van der Waals surface area contributed by atoms with Crippen LogP contribution in [0.2, 0.25) is 0 Å². The lowest BCUT2D eigenvalue weighted by Crippen LogP contribution is -2.01. The van der Waals surface area contributed by atoms with Gasteiger partial charge in [0.15, 0.2) is 6.29 Å². The Hall–Kier alpha value is -3.91. The van der Waals surface area contributed by atoms with Crippen molar-refractivity contribution in [3.8, 4) is 17.6 Å². The molecule has 0 N–H and O–H groups in total. The number of benzene rings is 2. The summed E-state index contributed by atoms with van der Waals surface area (Å²) in [7, 11) is 0. The van der Waals surface area contributed by atoms with E-state index >= 15 is 0 Å². The molecule has 0 radical (unpaired) electrons. The molecule has 2 aromatic heterocycles. The number of halogens is 1. The Balaban J connectivity index is 1.69. The van der Waals surface area contributed by atoms with Crippen LogP contribution in [0.3, 0.4) is 0 Å². The number of para-hydroxylation sites is 1. The summed E-state index contributed by atoms with van der Waals surface area (Å²) in [6.45, 7) is 0.167. The molecule has 0 aliphatic rings. The second kappa shape index (κ2) is 7.77.